The van der Waals surface area contributed by atoms with Crippen LogP contribution in [-0.4, -0.2) is 79.6 Å². The van der Waals surface area contributed by atoms with E-state index in [0.29, 0.717) is 17.1 Å². The summed E-state index contributed by atoms with van der Waals surface area (Å²) in [6, 6.07) is 22.2. The molecule has 11 heteroatoms. The Hall–Kier alpha value is -4.93. The Balaban J connectivity index is 1.39. The van der Waals surface area contributed by atoms with Crippen LogP contribution in [0.3, 0.4) is 0 Å². The van der Waals surface area contributed by atoms with Crippen molar-refractivity contribution >= 4 is 40.3 Å². The number of amides is 4. The van der Waals surface area contributed by atoms with E-state index in [1.54, 1.807) is 56.3 Å². The van der Waals surface area contributed by atoms with Gasteiger partial charge in [0.1, 0.15) is 18.0 Å². The third-order valence-corrected chi connectivity index (χ3v) is 8.63. The van der Waals surface area contributed by atoms with E-state index in [1.807, 2.05) is 55.5 Å². The number of hydrazine groups is 1. The average Bonchev–Trinajstić information content (AvgIpc) is 3.04. The van der Waals surface area contributed by atoms with E-state index >= 15 is 0 Å². The second kappa shape index (κ2) is 13.2. The van der Waals surface area contributed by atoms with Gasteiger partial charge >= 0.3 is 6.03 Å². The molecule has 236 valence electrons. The fourth-order valence-corrected chi connectivity index (χ4v) is 6.44. The quantitative estimate of drug-likeness (QED) is 0.271. The van der Waals surface area contributed by atoms with Gasteiger partial charge in [-0.25, -0.2) is 14.8 Å². The van der Waals surface area contributed by atoms with Crippen molar-refractivity contribution in [1.82, 2.24) is 30.1 Å². The molecule has 0 aliphatic carbocycles. The van der Waals surface area contributed by atoms with Crippen molar-refractivity contribution in [2.45, 2.75) is 38.6 Å². The molecule has 0 radical (unpaired) electrons. The van der Waals surface area contributed by atoms with Crippen LogP contribution >= 0.6 is 11.6 Å². The average molecular weight is 639 g/mol. The summed E-state index contributed by atoms with van der Waals surface area (Å²) >= 11 is 6.47. The van der Waals surface area contributed by atoms with Crippen LogP contribution in [0.1, 0.15) is 23.6 Å². The minimum atomic E-state index is -0.890. The lowest BCUT2D eigenvalue weighted by Crippen LogP contribution is -2.76. The van der Waals surface area contributed by atoms with Crippen LogP contribution in [-0.2, 0) is 29.1 Å². The summed E-state index contributed by atoms with van der Waals surface area (Å²) < 4.78 is 0. The van der Waals surface area contributed by atoms with Gasteiger partial charge in [-0.3, -0.25) is 14.6 Å². The predicted molar refractivity (Wildman–Crippen MR) is 175 cm³/mol. The third kappa shape index (κ3) is 6.40. The molecule has 0 unspecified atom stereocenters. The first-order valence-corrected chi connectivity index (χ1v) is 15.5. The molecule has 2 N–H and O–H groups in total. The summed E-state index contributed by atoms with van der Waals surface area (Å²) in [5, 5.41) is 17.5. The number of piperazine rings is 1. The number of carbonyl (C=O) groups excluding carboxylic acids is 3. The maximum Gasteiger partial charge on any atom is 0.334 e. The molecule has 6 rings (SSSR count). The highest BCUT2D eigenvalue weighted by atomic mass is 35.5. The maximum atomic E-state index is 14.3. The molecule has 3 heterocycles. The standard InChI is InChI=1S/C35H35ClN6O4/c1-23(2)19-40-22-32(44)41-30(17-24-10-13-27(43)14-11-24)34(45)39(20-26-12-15-29(36)28-9-6-16-37-33(26)28)21-31(41)42(40)35(46)38-18-25-7-4-3-5-8-25/h3-16,30-31,43H,1,17-22H2,2H3,(H,38,46)/t30-,31-/m0/s1. The van der Waals surface area contributed by atoms with E-state index in [9.17, 15) is 19.5 Å². The second-order valence-corrected chi connectivity index (χ2v) is 12.2. The molecular formula is C35H35ClN6O4. The Morgan fingerprint density at radius 3 is 2.52 bits per heavy atom. The molecule has 46 heavy (non-hydrogen) atoms. The fraction of sp³-hybridized carbons (Fsp3) is 0.257. The number of aromatic hydroxyl groups is 1. The van der Waals surface area contributed by atoms with Gasteiger partial charge in [0.15, 0.2) is 0 Å². The summed E-state index contributed by atoms with van der Waals surface area (Å²) in [4.78, 5) is 50.1. The Kier molecular flexibility index (Phi) is 8.92. The molecule has 2 fully saturated rings. The van der Waals surface area contributed by atoms with Gasteiger partial charge in [-0.05, 0) is 53.9 Å². The Morgan fingerprint density at radius 2 is 1.78 bits per heavy atom. The number of phenolic OH excluding ortho intramolecular Hbond substituents is 1. The minimum Gasteiger partial charge on any atom is -0.508 e. The molecule has 3 aromatic carbocycles. The van der Waals surface area contributed by atoms with E-state index in [2.05, 4.69) is 16.9 Å². The maximum absolute atomic E-state index is 14.3. The molecule has 2 atom stereocenters. The number of rotatable bonds is 8. The zero-order valence-electron chi connectivity index (χ0n) is 25.5. The summed E-state index contributed by atoms with van der Waals surface area (Å²) in [6.07, 6.45) is 1.10. The molecular weight excluding hydrogens is 604 g/mol. The Morgan fingerprint density at radius 1 is 1.02 bits per heavy atom. The number of hydrogen-bond acceptors (Lipinski definition) is 6. The zero-order chi connectivity index (χ0) is 32.4. The Bertz CT molecular complexity index is 1780. The summed E-state index contributed by atoms with van der Waals surface area (Å²) in [5.74, 6) is -0.394. The van der Waals surface area contributed by atoms with E-state index in [0.717, 1.165) is 27.6 Å². The van der Waals surface area contributed by atoms with Crippen LogP contribution in [0.2, 0.25) is 5.02 Å². The van der Waals surface area contributed by atoms with Gasteiger partial charge in [-0.2, -0.15) is 0 Å². The molecule has 0 bridgehead atoms. The van der Waals surface area contributed by atoms with Gasteiger partial charge < -0.3 is 20.2 Å². The van der Waals surface area contributed by atoms with Crippen molar-refractivity contribution in [3.8, 4) is 5.75 Å². The summed E-state index contributed by atoms with van der Waals surface area (Å²) in [6.45, 7) is 6.66. The first-order chi connectivity index (χ1) is 22.2. The molecule has 0 spiro atoms. The highest BCUT2D eigenvalue weighted by Gasteiger charge is 2.51. The van der Waals surface area contributed by atoms with E-state index in [-0.39, 0.29) is 56.2 Å². The molecule has 0 saturated carbocycles. The van der Waals surface area contributed by atoms with Crippen LogP contribution in [0.5, 0.6) is 5.75 Å². The van der Waals surface area contributed by atoms with Crippen LogP contribution in [0, 0.1) is 0 Å². The molecule has 1 aromatic heterocycles. The Labute approximate surface area is 272 Å². The molecule has 4 amide bonds. The lowest BCUT2D eigenvalue weighted by Gasteiger charge is -2.55. The summed E-state index contributed by atoms with van der Waals surface area (Å²) in [5.41, 5.74) is 3.96. The lowest BCUT2D eigenvalue weighted by atomic mass is 9.98. The van der Waals surface area contributed by atoms with Crippen LogP contribution in [0.25, 0.3) is 10.9 Å². The number of benzene rings is 3. The SMILES string of the molecule is C=C(C)CN1CC(=O)N2[C@@H](Cc3ccc(O)cc3)C(=O)N(Cc3ccc(Cl)c4cccnc34)C[C@@H]2N1C(=O)NCc1ccccc1. The van der Waals surface area contributed by atoms with Gasteiger partial charge in [0.05, 0.1) is 18.6 Å². The van der Waals surface area contributed by atoms with Crippen molar-refractivity contribution in [3.63, 3.8) is 0 Å². The minimum absolute atomic E-state index is 0.0824. The number of phenols is 1. The first-order valence-electron chi connectivity index (χ1n) is 15.1. The monoisotopic (exact) mass is 638 g/mol. The summed E-state index contributed by atoms with van der Waals surface area (Å²) in [7, 11) is 0. The molecule has 2 aliphatic heterocycles. The normalized spacial score (nSPS) is 18.5. The van der Waals surface area contributed by atoms with Gasteiger partial charge in [0.25, 0.3) is 0 Å². The van der Waals surface area contributed by atoms with Crippen molar-refractivity contribution in [3.05, 3.63) is 119 Å². The fourth-order valence-electron chi connectivity index (χ4n) is 6.23. The largest absolute Gasteiger partial charge is 0.508 e. The van der Waals surface area contributed by atoms with Crippen molar-refractivity contribution in [1.29, 1.82) is 0 Å². The van der Waals surface area contributed by atoms with E-state index < -0.39 is 12.2 Å². The number of aromatic nitrogens is 1. The number of fused-ring (bicyclic) bond motifs is 2. The van der Waals surface area contributed by atoms with Crippen LogP contribution in [0.15, 0.2) is 97.2 Å². The lowest BCUT2D eigenvalue weighted by molar-refractivity contribution is -0.189. The number of pyridine rings is 1. The smallest absolute Gasteiger partial charge is 0.334 e. The molecule has 2 saturated heterocycles. The van der Waals surface area contributed by atoms with Crippen molar-refractivity contribution < 1.29 is 19.5 Å². The highest BCUT2D eigenvalue weighted by Crippen LogP contribution is 2.32. The van der Waals surface area contributed by atoms with Crippen molar-refractivity contribution in [2.24, 2.45) is 0 Å². The third-order valence-electron chi connectivity index (χ3n) is 8.30. The number of urea groups is 1. The number of hydrogen-bond donors (Lipinski definition) is 2. The van der Waals surface area contributed by atoms with Crippen molar-refractivity contribution in [2.75, 3.05) is 19.6 Å². The number of carbonyl (C=O) groups is 3. The van der Waals surface area contributed by atoms with E-state index in [1.165, 1.54) is 0 Å². The number of nitrogens with zero attached hydrogens (tertiary/aromatic N) is 5. The van der Waals surface area contributed by atoms with Crippen LogP contribution in [0.4, 0.5) is 4.79 Å². The molecule has 10 nitrogen and oxygen atoms in total. The number of halogens is 1. The van der Waals surface area contributed by atoms with Gasteiger partial charge in [-0.1, -0.05) is 72.3 Å². The topological polar surface area (TPSA) is 109 Å². The number of nitrogens with one attached hydrogen (secondary N) is 1. The first kappa shape index (κ1) is 31.1. The predicted octanol–water partition coefficient (Wildman–Crippen LogP) is 4.72. The van der Waals surface area contributed by atoms with Gasteiger partial charge in [-0.15, -0.1) is 0 Å². The molecule has 4 aromatic rings. The zero-order valence-corrected chi connectivity index (χ0v) is 26.2. The van der Waals surface area contributed by atoms with Gasteiger partial charge in [0.2, 0.25) is 11.8 Å². The highest BCUT2D eigenvalue weighted by molar-refractivity contribution is 6.35. The molecule has 2 aliphatic rings. The van der Waals surface area contributed by atoms with E-state index in [4.69, 9.17) is 11.6 Å². The van der Waals surface area contributed by atoms with Gasteiger partial charge in [0, 0.05) is 42.7 Å². The van der Waals surface area contributed by atoms with Crippen LogP contribution < -0.4 is 5.32 Å². The second-order valence-electron chi connectivity index (χ2n) is 11.8.